The summed E-state index contributed by atoms with van der Waals surface area (Å²) in [5, 5.41) is 0. The van der Waals surface area contributed by atoms with Crippen molar-refractivity contribution in [3.63, 3.8) is 0 Å². The van der Waals surface area contributed by atoms with Crippen molar-refractivity contribution in [1.29, 1.82) is 0 Å². The zero-order chi connectivity index (χ0) is 19.7. The van der Waals surface area contributed by atoms with Gasteiger partial charge in [-0.1, -0.05) is 18.2 Å². The molecular formula is C30H30. The molecule has 0 radical (unpaired) electrons. The summed E-state index contributed by atoms with van der Waals surface area (Å²) in [5.74, 6) is 0. The molecule has 0 N–H and O–H groups in total. The molecule has 0 saturated carbocycles. The van der Waals surface area contributed by atoms with Gasteiger partial charge in [0.25, 0.3) is 0 Å². The molecule has 0 bridgehead atoms. The minimum Gasteiger partial charge on any atom is -0.0763 e. The van der Waals surface area contributed by atoms with E-state index in [9.17, 15) is 0 Å². The van der Waals surface area contributed by atoms with Gasteiger partial charge >= 0.3 is 0 Å². The average molecular weight is 391 g/mol. The third-order valence-electron chi connectivity index (χ3n) is 8.16. The van der Waals surface area contributed by atoms with Crippen LogP contribution < -0.4 is 0 Å². The monoisotopic (exact) mass is 390 g/mol. The van der Waals surface area contributed by atoms with E-state index in [1.807, 2.05) is 0 Å². The van der Waals surface area contributed by atoms with Crippen LogP contribution in [-0.2, 0) is 0 Å². The molecule has 6 aliphatic carbocycles. The maximum Gasteiger partial charge on any atom is -0.00262 e. The highest BCUT2D eigenvalue weighted by atomic mass is 14.4. The fourth-order valence-corrected chi connectivity index (χ4v) is 6.79. The van der Waals surface area contributed by atoms with Gasteiger partial charge in [-0.05, 0) is 162 Å². The number of rotatable bonds is 0. The van der Waals surface area contributed by atoms with E-state index in [1.54, 1.807) is 66.8 Å². The highest BCUT2D eigenvalue weighted by molar-refractivity contribution is 6.13. The largest absolute Gasteiger partial charge is 0.0763 e. The molecule has 1 aromatic carbocycles. The molecule has 0 saturated heterocycles. The second-order valence-corrected chi connectivity index (χ2v) is 9.97. The van der Waals surface area contributed by atoms with Gasteiger partial charge in [0.2, 0.25) is 0 Å². The summed E-state index contributed by atoms with van der Waals surface area (Å²) >= 11 is 0. The highest BCUT2D eigenvalue weighted by Gasteiger charge is 2.37. The van der Waals surface area contributed by atoms with Crippen LogP contribution in [0, 0.1) is 0 Å². The fraction of sp³-hybridized carbons (Fsp3) is 0.400. The Morgan fingerprint density at radius 3 is 1.07 bits per heavy atom. The van der Waals surface area contributed by atoms with Crippen molar-refractivity contribution in [2.24, 2.45) is 0 Å². The standard InChI is InChI=1S/C30H30/c1-4-10-19-16-25-28(22(19)13-7-1)26-17-20-11-5-2-9-15-24(20)30(26)27-18-21-12-6-3-8-14-23(21)29(25)27/h13-18H,1-12H2. The normalized spacial score (nSPS) is 23.6. The Kier molecular flexibility index (Phi) is 3.80. The van der Waals surface area contributed by atoms with Crippen LogP contribution in [0.4, 0.5) is 0 Å². The van der Waals surface area contributed by atoms with E-state index in [1.165, 1.54) is 77.0 Å². The summed E-state index contributed by atoms with van der Waals surface area (Å²) < 4.78 is 0. The zero-order valence-electron chi connectivity index (χ0n) is 17.9. The molecule has 0 amide bonds. The van der Waals surface area contributed by atoms with Gasteiger partial charge < -0.3 is 0 Å². The fourth-order valence-electron chi connectivity index (χ4n) is 6.79. The van der Waals surface area contributed by atoms with E-state index < -0.39 is 0 Å². The third kappa shape index (κ3) is 2.34. The summed E-state index contributed by atoms with van der Waals surface area (Å²) in [6.07, 6.45) is 31.0. The van der Waals surface area contributed by atoms with Gasteiger partial charge in [-0.15, -0.1) is 0 Å². The van der Waals surface area contributed by atoms with Gasteiger partial charge in [0.15, 0.2) is 0 Å². The minimum atomic E-state index is 1.24. The van der Waals surface area contributed by atoms with E-state index in [0.29, 0.717) is 0 Å². The van der Waals surface area contributed by atoms with Crippen molar-refractivity contribution < 1.29 is 0 Å². The van der Waals surface area contributed by atoms with Crippen LogP contribution in [0.5, 0.6) is 0 Å². The number of allylic oxidation sites excluding steroid dienone is 9. The van der Waals surface area contributed by atoms with Crippen molar-refractivity contribution in [1.82, 2.24) is 0 Å². The SMILES string of the molecule is C1=C2CCCCC=C2c2c3c(c4c(c21)C1=CCCCCC1=C4)C1=CCCCCC1=C3. The molecule has 0 aliphatic heterocycles. The topological polar surface area (TPSA) is 0 Å². The first-order valence-electron chi connectivity index (χ1n) is 12.4. The van der Waals surface area contributed by atoms with Crippen molar-refractivity contribution in [3.8, 4) is 0 Å². The lowest BCUT2D eigenvalue weighted by Crippen LogP contribution is -2.00. The predicted octanol–water partition coefficient (Wildman–Crippen LogP) is 8.75. The lowest BCUT2D eigenvalue weighted by molar-refractivity contribution is 0.767. The molecule has 150 valence electrons. The molecule has 7 rings (SSSR count). The van der Waals surface area contributed by atoms with E-state index >= 15 is 0 Å². The van der Waals surface area contributed by atoms with E-state index in [4.69, 9.17) is 0 Å². The third-order valence-corrected chi connectivity index (χ3v) is 8.16. The van der Waals surface area contributed by atoms with Crippen molar-refractivity contribution >= 4 is 34.9 Å². The van der Waals surface area contributed by atoms with Gasteiger partial charge in [-0.2, -0.15) is 0 Å². The minimum absolute atomic E-state index is 1.24. The summed E-state index contributed by atoms with van der Waals surface area (Å²) in [5.41, 5.74) is 19.0. The Morgan fingerprint density at radius 2 is 0.733 bits per heavy atom. The highest BCUT2D eigenvalue weighted by Crippen LogP contribution is 2.56. The van der Waals surface area contributed by atoms with E-state index in [-0.39, 0.29) is 0 Å². The first kappa shape index (κ1) is 17.4. The van der Waals surface area contributed by atoms with Crippen molar-refractivity contribution in [3.05, 3.63) is 68.3 Å². The van der Waals surface area contributed by atoms with Crippen LogP contribution >= 0.6 is 0 Å². The Balaban J connectivity index is 1.56. The first-order chi connectivity index (χ1) is 14.9. The van der Waals surface area contributed by atoms with Gasteiger partial charge in [0.05, 0.1) is 0 Å². The van der Waals surface area contributed by atoms with Crippen LogP contribution in [0.15, 0.2) is 34.9 Å². The van der Waals surface area contributed by atoms with Gasteiger partial charge in [0, 0.05) is 0 Å². The summed E-state index contributed by atoms with van der Waals surface area (Å²) in [6, 6.07) is 0. The second kappa shape index (κ2) is 6.58. The molecule has 0 aromatic heterocycles. The van der Waals surface area contributed by atoms with Crippen molar-refractivity contribution in [2.45, 2.75) is 77.0 Å². The summed E-state index contributed by atoms with van der Waals surface area (Å²) in [7, 11) is 0. The Morgan fingerprint density at radius 1 is 0.400 bits per heavy atom. The summed E-state index contributed by atoms with van der Waals surface area (Å²) in [4.78, 5) is 0. The Bertz CT molecular complexity index is 1000. The molecule has 6 aliphatic rings. The molecule has 0 fully saturated rings. The predicted molar refractivity (Wildman–Crippen MR) is 130 cm³/mol. The first-order valence-corrected chi connectivity index (χ1v) is 12.4. The van der Waals surface area contributed by atoms with Crippen LogP contribution in [0.1, 0.15) is 110 Å². The van der Waals surface area contributed by atoms with Gasteiger partial charge in [-0.3, -0.25) is 0 Å². The molecule has 1 aromatic rings. The second-order valence-electron chi connectivity index (χ2n) is 9.97. The lowest BCUT2D eigenvalue weighted by atomic mass is 9.85. The number of fused-ring (bicyclic) bond motifs is 12. The maximum atomic E-state index is 2.59. The Hall–Kier alpha value is -2.34. The smallest absolute Gasteiger partial charge is 0.00262 e. The molecule has 30 heavy (non-hydrogen) atoms. The number of hydrogen-bond acceptors (Lipinski definition) is 0. The van der Waals surface area contributed by atoms with E-state index in [0.717, 1.165) is 0 Å². The van der Waals surface area contributed by atoms with Gasteiger partial charge in [0.1, 0.15) is 0 Å². The number of benzene rings is 1. The van der Waals surface area contributed by atoms with E-state index in [2.05, 4.69) is 36.5 Å². The number of hydrogen-bond donors (Lipinski definition) is 0. The van der Waals surface area contributed by atoms with Crippen molar-refractivity contribution in [2.75, 3.05) is 0 Å². The lowest BCUT2D eigenvalue weighted by Gasteiger charge is -2.18. The molecule has 0 unspecified atom stereocenters. The molecule has 0 nitrogen and oxygen atoms in total. The average Bonchev–Trinajstić information content (AvgIpc) is 3.16. The van der Waals surface area contributed by atoms with Crippen LogP contribution in [-0.4, -0.2) is 0 Å². The molecule has 0 spiro atoms. The molecule has 0 atom stereocenters. The zero-order valence-corrected chi connectivity index (χ0v) is 17.9. The summed E-state index contributed by atoms with van der Waals surface area (Å²) in [6.45, 7) is 0. The molecule has 0 heterocycles. The quantitative estimate of drug-likeness (QED) is 0.415. The van der Waals surface area contributed by atoms with Crippen LogP contribution in [0.25, 0.3) is 34.9 Å². The Labute approximate surface area is 180 Å². The molecule has 0 heteroatoms. The molecular weight excluding hydrogens is 360 g/mol. The van der Waals surface area contributed by atoms with Crippen LogP contribution in [0.3, 0.4) is 0 Å². The van der Waals surface area contributed by atoms with Crippen LogP contribution in [0.2, 0.25) is 0 Å². The van der Waals surface area contributed by atoms with Gasteiger partial charge in [-0.25, -0.2) is 0 Å². The maximum absolute atomic E-state index is 2.59.